The summed E-state index contributed by atoms with van der Waals surface area (Å²) in [4.78, 5) is 54.1. The highest BCUT2D eigenvalue weighted by molar-refractivity contribution is 6.00. The van der Waals surface area contributed by atoms with Gasteiger partial charge in [-0.1, -0.05) is 43.2 Å². The Labute approximate surface area is 198 Å². The molecule has 1 aromatic heterocycles. The molecule has 1 atom stereocenters. The molecule has 180 valence electrons. The second-order valence-electron chi connectivity index (χ2n) is 8.99. The average Bonchev–Trinajstić information content (AvgIpc) is 3.42. The van der Waals surface area contributed by atoms with Gasteiger partial charge in [-0.15, -0.1) is 0 Å². The number of benzene rings is 1. The van der Waals surface area contributed by atoms with Gasteiger partial charge in [-0.2, -0.15) is 0 Å². The number of methoxy groups -OCH3 is 1. The van der Waals surface area contributed by atoms with E-state index in [0.717, 1.165) is 44.9 Å². The van der Waals surface area contributed by atoms with Gasteiger partial charge in [0.2, 0.25) is 5.43 Å². The van der Waals surface area contributed by atoms with E-state index in [9.17, 15) is 19.2 Å². The third kappa shape index (κ3) is 5.05. The average molecular weight is 466 g/mol. The molecule has 1 saturated heterocycles. The van der Waals surface area contributed by atoms with E-state index in [4.69, 9.17) is 4.74 Å². The van der Waals surface area contributed by atoms with Gasteiger partial charge in [0.05, 0.1) is 7.11 Å². The van der Waals surface area contributed by atoms with E-state index >= 15 is 0 Å². The van der Waals surface area contributed by atoms with Crippen molar-refractivity contribution in [3.05, 3.63) is 69.6 Å². The van der Waals surface area contributed by atoms with Crippen LogP contribution < -0.4 is 10.7 Å². The Hall–Kier alpha value is -3.42. The van der Waals surface area contributed by atoms with Gasteiger partial charge >= 0.3 is 5.97 Å². The Morgan fingerprint density at radius 1 is 0.941 bits per heavy atom. The molecule has 1 aliphatic carbocycles. The lowest BCUT2D eigenvalue weighted by Gasteiger charge is -2.27. The van der Waals surface area contributed by atoms with Crippen molar-refractivity contribution in [3.63, 3.8) is 0 Å². The number of carbonyl (C=O) groups is 3. The van der Waals surface area contributed by atoms with Crippen LogP contribution in [0.15, 0.2) is 47.5 Å². The predicted octanol–water partition coefficient (Wildman–Crippen LogP) is 3.23. The summed E-state index contributed by atoms with van der Waals surface area (Å²) in [6, 6.07) is 7.77. The van der Waals surface area contributed by atoms with E-state index in [2.05, 4.69) is 5.32 Å². The van der Waals surface area contributed by atoms with Gasteiger partial charge in [-0.25, -0.2) is 4.79 Å². The summed E-state index contributed by atoms with van der Waals surface area (Å²) in [5, 5.41) is 2.65. The maximum absolute atomic E-state index is 13.4. The Balaban J connectivity index is 1.71. The van der Waals surface area contributed by atoms with Crippen molar-refractivity contribution in [2.24, 2.45) is 0 Å². The smallest absolute Gasteiger partial charge is 0.333 e. The van der Waals surface area contributed by atoms with E-state index in [0.29, 0.717) is 18.7 Å². The third-order valence-corrected chi connectivity index (χ3v) is 6.76. The maximum Gasteiger partial charge on any atom is 0.333 e. The van der Waals surface area contributed by atoms with Crippen LogP contribution in [-0.4, -0.2) is 47.4 Å². The van der Waals surface area contributed by atoms with E-state index < -0.39 is 23.3 Å². The Morgan fingerprint density at radius 3 is 2.24 bits per heavy atom. The highest BCUT2D eigenvalue weighted by Crippen LogP contribution is 2.29. The zero-order chi connectivity index (χ0) is 24.1. The number of piperidine rings is 1. The standard InChI is InChI=1S/C26H31N3O5/c1-34-26(33)22(18-10-4-2-5-11-18)27-24(31)20-16-29(19-12-6-7-13-19)17-21(23(20)30)25(32)28-14-8-3-9-15-28/h2,4-5,10-11,16-17,19,22H,3,6-9,12-15H2,1H3,(H,27,31)/t22-/m0/s1. The fourth-order valence-corrected chi connectivity index (χ4v) is 4.84. The molecule has 1 N–H and O–H groups in total. The lowest BCUT2D eigenvalue weighted by atomic mass is 10.0. The molecule has 2 heterocycles. The lowest BCUT2D eigenvalue weighted by Crippen LogP contribution is -2.41. The first kappa shape index (κ1) is 23.7. The molecule has 1 aromatic carbocycles. The molecule has 2 aromatic rings. The van der Waals surface area contributed by atoms with E-state index in [1.807, 2.05) is 4.57 Å². The van der Waals surface area contributed by atoms with Crippen molar-refractivity contribution in [1.29, 1.82) is 0 Å². The molecule has 2 aliphatic rings. The highest BCUT2D eigenvalue weighted by atomic mass is 16.5. The van der Waals surface area contributed by atoms with Crippen LogP contribution in [0, 0.1) is 0 Å². The molecule has 0 spiro atoms. The molecule has 0 unspecified atom stereocenters. The van der Waals surface area contributed by atoms with E-state index in [1.165, 1.54) is 13.3 Å². The molecular formula is C26H31N3O5. The Morgan fingerprint density at radius 2 is 1.59 bits per heavy atom. The van der Waals surface area contributed by atoms with Gasteiger partial charge in [0.15, 0.2) is 6.04 Å². The minimum absolute atomic E-state index is 0.00998. The maximum atomic E-state index is 13.4. The summed E-state index contributed by atoms with van der Waals surface area (Å²) in [6.45, 7) is 1.22. The van der Waals surface area contributed by atoms with E-state index in [-0.39, 0.29) is 23.1 Å². The number of ether oxygens (including phenoxy) is 1. The first-order valence-corrected chi connectivity index (χ1v) is 12.0. The second-order valence-corrected chi connectivity index (χ2v) is 8.99. The van der Waals surface area contributed by atoms with Crippen LogP contribution in [0.4, 0.5) is 0 Å². The summed E-state index contributed by atoms with van der Waals surface area (Å²) in [5.41, 5.74) is -0.200. The molecule has 2 amide bonds. The predicted molar refractivity (Wildman–Crippen MR) is 127 cm³/mol. The molecule has 1 aliphatic heterocycles. The number of nitrogens with one attached hydrogen (secondary N) is 1. The molecule has 8 nitrogen and oxygen atoms in total. The van der Waals surface area contributed by atoms with Gasteiger partial charge in [0.1, 0.15) is 11.1 Å². The zero-order valence-electron chi connectivity index (χ0n) is 19.5. The first-order chi connectivity index (χ1) is 16.5. The Bertz CT molecular complexity index is 1100. The van der Waals surface area contributed by atoms with Crippen molar-refractivity contribution in [2.75, 3.05) is 20.2 Å². The molecule has 1 saturated carbocycles. The minimum Gasteiger partial charge on any atom is -0.467 e. The third-order valence-electron chi connectivity index (χ3n) is 6.76. The first-order valence-electron chi connectivity index (χ1n) is 12.0. The van der Waals surface area contributed by atoms with Crippen molar-refractivity contribution >= 4 is 17.8 Å². The van der Waals surface area contributed by atoms with Crippen LogP contribution in [0.5, 0.6) is 0 Å². The number of hydrogen-bond donors (Lipinski definition) is 1. The number of carbonyl (C=O) groups excluding carboxylic acids is 3. The van der Waals surface area contributed by atoms with Crippen LogP contribution in [0.2, 0.25) is 0 Å². The van der Waals surface area contributed by atoms with Gasteiger partial charge in [-0.05, 0) is 37.7 Å². The second kappa shape index (κ2) is 10.7. The number of pyridine rings is 1. The van der Waals surface area contributed by atoms with Crippen molar-refractivity contribution < 1.29 is 19.1 Å². The number of esters is 1. The fraction of sp³-hybridized carbons (Fsp3) is 0.462. The molecule has 0 bridgehead atoms. The number of likely N-dealkylation sites (tertiary alicyclic amines) is 1. The number of hydrogen-bond acceptors (Lipinski definition) is 5. The summed E-state index contributed by atoms with van der Waals surface area (Å²) in [7, 11) is 1.25. The molecule has 34 heavy (non-hydrogen) atoms. The summed E-state index contributed by atoms with van der Waals surface area (Å²) < 4.78 is 6.73. The van der Waals surface area contributed by atoms with Gasteiger partial charge in [-0.3, -0.25) is 14.4 Å². The number of amides is 2. The Kier molecular flexibility index (Phi) is 7.45. The lowest BCUT2D eigenvalue weighted by molar-refractivity contribution is -0.143. The van der Waals surface area contributed by atoms with Crippen molar-refractivity contribution in [2.45, 2.75) is 57.0 Å². The van der Waals surface area contributed by atoms with Crippen LogP contribution >= 0.6 is 0 Å². The summed E-state index contributed by atoms with van der Waals surface area (Å²) in [6.07, 6.45) is 9.99. The zero-order valence-corrected chi connectivity index (χ0v) is 19.5. The van der Waals surface area contributed by atoms with Gasteiger partial charge in [0, 0.05) is 31.5 Å². The topological polar surface area (TPSA) is 97.7 Å². The van der Waals surface area contributed by atoms with E-state index in [1.54, 1.807) is 41.4 Å². The molecule has 8 heteroatoms. The fourth-order valence-electron chi connectivity index (χ4n) is 4.84. The number of rotatable bonds is 6. The van der Waals surface area contributed by atoms with Crippen LogP contribution in [0.1, 0.15) is 83.3 Å². The quantitative estimate of drug-likeness (QED) is 0.661. The number of nitrogens with zero attached hydrogens (tertiary/aromatic N) is 2. The van der Waals surface area contributed by atoms with Crippen LogP contribution in [0.25, 0.3) is 0 Å². The van der Waals surface area contributed by atoms with Crippen LogP contribution in [0.3, 0.4) is 0 Å². The number of aromatic nitrogens is 1. The molecule has 0 radical (unpaired) electrons. The van der Waals surface area contributed by atoms with Gasteiger partial charge in [0.25, 0.3) is 11.8 Å². The molecule has 2 fully saturated rings. The van der Waals surface area contributed by atoms with Crippen molar-refractivity contribution in [1.82, 2.24) is 14.8 Å². The minimum atomic E-state index is -1.07. The van der Waals surface area contributed by atoms with Gasteiger partial charge < -0.3 is 19.5 Å². The summed E-state index contributed by atoms with van der Waals surface area (Å²) in [5.74, 6) is -1.68. The van der Waals surface area contributed by atoms with Crippen molar-refractivity contribution in [3.8, 4) is 0 Å². The SMILES string of the molecule is COC(=O)[C@@H](NC(=O)c1cn(C2CCCC2)cc(C(=O)N2CCCCC2)c1=O)c1ccccc1. The largest absolute Gasteiger partial charge is 0.467 e. The monoisotopic (exact) mass is 465 g/mol. The molecular weight excluding hydrogens is 434 g/mol. The summed E-state index contributed by atoms with van der Waals surface area (Å²) >= 11 is 0. The van der Waals surface area contributed by atoms with Crippen LogP contribution in [-0.2, 0) is 9.53 Å². The highest BCUT2D eigenvalue weighted by Gasteiger charge is 2.29. The normalized spacial score (nSPS) is 17.3. The molecule has 4 rings (SSSR count).